The molecule has 0 aliphatic heterocycles. The highest BCUT2D eigenvalue weighted by Crippen LogP contribution is 2.40. The van der Waals surface area contributed by atoms with Gasteiger partial charge < -0.3 is 24.4 Å². The zero-order valence-electron chi connectivity index (χ0n) is 17.8. The SMILES string of the molecule is CCN(CC)c1ccc(CNC(=O)/C=C/c2ccc(OC)c(OC)c2OC)cc1. The van der Waals surface area contributed by atoms with Crippen LogP contribution in [0.4, 0.5) is 5.69 Å². The van der Waals surface area contributed by atoms with Gasteiger partial charge in [0, 0.05) is 37.0 Å². The summed E-state index contributed by atoms with van der Waals surface area (Å²) in [5.74, 6) is 1.39. The molecule has 1 amide bonds. The van der Waals surface area contributed by atoms with Crippen LogP contribution in [0.15, 0.2) is 42.5 Å². The Bertz CT molecular complexity index is 828. The van der Waals surface area contributed by atoms with Crippen LogP contribution >= 0.6 is 0 Å². The van der Waals surface area contributed by atoms with Crippen molar-refractivity contribution in [1.29, 1.82) is 0 Å². The van der Waals surface area contributed by atoms with Crippen molar-refractivity contribution in [1.82, 2.24) is 5.32 Å². The van der Waals surface area contributed by atoms with Crippen LogP contribution in [-0.4, -0.2) is 40.3 Å². The highest BCUT2D eigenvalue weighted by molar-refractivity contribution is 5.92. The fourth-order valence-corrected chi connectivity index (χ4v) is 3.08. The number of rotatable bonds is 10. The summed E-state index contributed by atoms with van der Waals surface area (Å²) >= 11 is 0. The number of amides is 1. The quantitative estimate of drug-likeness (QED) is 0.616. The van der Waals surface area contributed by atoms with Gasteiger partial charge >= 0.3 is 0 Å². The summed E-state index contributed by atoms with van der Waals surface area (Å²) in [7, 11) is 4.66. The summed E-state index contributed by atoms with van der Waals surface area (Å²) in [5.41, 5.74) is 2.96. The summed E-state index contributed by atoms with van der Waals surface area (Å²) in [6.45, 7) is 6.67. The van der Waals surface area contributed by atoms with Crippen LogP contribution in [0.5, 0.6) is 17.2 Å². The normalized spacial score (nSPS) is 10.7. The molecule has 0 radical (unpaired) electrons. The molecule has 0 unspecified atom stereocenters. The Balaban J connectivity index is 2.01. The lowest BCUT2D eigenvalue weighted by molar-refractivity contribution is -0.116. The first-order chi connectivity index (χ1) is 14.1. The van der Waals surface area contributed by atoms with E-state index in [0.717, 1.165) is 24.2 Å². The molecule has 0 aliphatic rings. The first kappa shape index (κ1) is 22.1. The van der Waals surface area contributed by atoms with Crippen LogP contribution < -0.4 is 24.4 Å². The maximum absolute atomic E-state index is 12.2. The molecule has 0 saturated heterocycles. The minimum absolute atomic E-state index is 0.186. The third-order valence-corrected chi connectivity index (χ3v) is 4.68. The molecule has 29 heavy (non-hydrogen) atoms. The van der Waals surface area contributed by atoms with Crippen molar-refractivity contribution in [2.45, 2.75) is 20.4 Å². The maximum atomic E-state index is 12.2. The Labute approximate surface area is 173 Å². The molecule has 6 heteroatoms. The molecular weight excluding hydrogens is 368 g/mol. The second kappa shape index (κ2) is 11.0. The molecule has 0 spiro atoms. The molecule has 0 fully saturated rings. The molecule has 2 aromatic carbocycles. The topological polar surface area (TPSA) is 60.0 Å². The highest BCUT2D eigenvalue weighted by Gasteiger charge is 2.14. The Morgan fingerprint density at radius 1 is 0.931 bits per heavy atom. The predicted molar refractivity (Wildman–Crippen MR) is 117 cm³/mol. The van der Waals surface area contributed by atoms with E-state index in [2.05, 4.69) is 36.2 Å². The lowest BCUT2D eigenvalue weighted by Gasteiger charge is -2.21. The smallest absolute Gasteiger partial charge is 0.244 e. The first-order valence-corrected chi connectivity index (χ1v) is 9.66. The number of nitrogens with one attached hydrogen (secondary N) is 1. The molecule has 1 N–H and O–H groups in total. The van der Waals surface area contributed by atoms with E-state index in [1.165, 1.54) is 11.8 Å². The predicted octanol–water partition coefficient (Wildman–Crippen LogP) is 3.89. The number of methoxy groups -OCH3 is 3. The maximum Gasteiger partial charge on any atom is 0.244 e. The molecule has 6 nitrogen and oxygen atoms in total. The molecule has 0 heterocycles. The van der Waals surface area contributed by atoms with Gasteiger partial charge in [-0.15, -0.1) is 0 Å². The van der Waals surface area contributed by atoms with E-state index in [9.17, 15) is 4.79 Å². The monoisotopic (exact) mass is 398 g/mol. The van der Waals surface area contributed by atoms with Gasteiger partial charge in [0.25, 0.3) is 0 Å². The number of carbonyl (C=O) groups is 1. The van der Waals surface area contributed by atoms with Crippen molar-refractivity contribution < 1.29 is 19.0 Å². The lowest BCUT2D eigenvalue weighted by Crippen LogP contribution is -2.22. The lowest BCUT2D eigenvalue weighted by atomic mass is 10.1. The van der Waals surface area contributed by atoms with Gasteiger partial charge in [-0.3, -0.25) is 4.79 Å². The summed E-state index contributed by atoms with van der Waals surface area (Å²) in [6, 6.07) is 11.8. The molecule has 0 aliphatic carbocycles. The Hall–Kier alpha value is -3.15. The van der Waals surface area contributed by atoms with E-state index >= 15 is 0 Å². The molecule has 156 valence electrons. The fourth-order valence-electron chi connectivity index (χ4n) is 3.08. The zero-order valence-corrected chi connectivity index (χ0v) is 17.8. The number of anilines is 1. The van der Waals surface area contributed by atoms with E-state index in [1.54, 1.807) is 33.5 Å². The average Bonchev–Trinajstić information content (AvgIpc) is 2.76. The number of nitrogens with zero attached hydrogens (tertiary/aromatic N) is 1. The third-order valence-electron chi connectivity index (χ3n) is 4.68. The van der Waals surface area contributed by atoms with Gasteiger partial charge in [-0.1, -0.05) is 12.1 Å². The number of ether oxygens (including phenoxy) is 3. The minimum Gasteiger partial charge on any atom is -0.493 e. The molecule has 2 rings (SSSR count). The zero-order chi connectivity index (χ0) is 21.2. The van der Waals surface area contributed by atoms with Crippen molar-refractivity contribution in [3.05, 3.63) is 53.6 Å². The minimum atomic E-state index is -0.186. The molecule has 0 atom stereocenters. The van der Waals surface area contributed by atoms with Crippen molar-refractivity contribution in [2.24, 2.45) is 0 Å². The Kier molecular flexibility index (Phi) is 8.40. The van der Waals surface area contributed by atoms with Crippen molar-refractivity contribution >= 4 is 17.7 Å². The highest BCUT2D eigenvalue weighted by atomic mass is 16.5. The van der Waals surface area contributed by atoms with E-state index in [1.807, 2.05) is 18.2 Å². The van der Waals surface area contributed by atoms with Crippen LogP contribution in [0.1, 0.15) is 25.0 Å². The van der Waals surface area contributed by atoms with Crippen molar-refractivity contribution in [3.63, 3.8) is 0 Å². The van der Waals surface area contributed by atoms with Gasteiger partial charge in [-0.25, -0.2) is 0 Å². The second-order valence-corrected chi connectivity index (χ2v) is 6.31. The van der Waals surface area contributed by atoms with Crippen molar-refractivity contribution in [2.75, 3.05) is 39.3 Å². The number of hydrogen-bond acceptors (Lipinski definition) is 5. The number of carbonyl (C=O) groups excluding carboxylic acids is 1. The Morgan fingerprint density at radius 3 is 2.14 bits per heavy atom. The van der Waals surface area contributed by atoms with Gasteiger partial charge in [0.1, 0.15) is 0 Å². The van der Waals surface area contributed by atoms with Gasteiger partial charge in [0.05, 0.1) is 21.3 Å². The first-order valence-electron chi connectivity index (χ1n) is 9.66. The Morgan fingerprint density at radius 2 is 1.59 bits per heavy atom. The van der Waals surface area contributed by atoms with Gasteiger partial charge in [-0.2, -0.15) is 0 Å². The fraction of sp³-hybridized carbons (Fsp3) is 0.348. The standard InChI is InChI=1S/C23H30N2O4/c1-6-25(7-2)19-12-8-17(9-13-19)16-24-21(26)15-11-18-10-14-20(27-3)23(29-5)22(18)28-4/h8-15H,6-7,16H2,1-5H3,(H,24,26)/b15-11+. The van der Waals surface area contributed by atoms with Crippen LogP contribution in [0.2, 0.25) is 0 Å². The summed E-state index contributed by atoms with van der Waals surface area (Å²) < 4.78 is 16.1. The van der Waals surface area contributed by atoms with Crippen LogP contribution in [0.3, 0.4) is 0 Å². The van der Waals surface area contributed by atoms with Crippen LogP contribution in [0.25, 0.3) is 6.08 Å². The van der Waals surface area contributed by atoms with Crippen molar-refractivity contribution in [3.8, 4) is 17.2 Å². The molecule has 0 bridgehead atoms. The molecular formula is C23H30N2O4. The summed E-state index contributed by atoms with van der Waals surface area (Å²) in [6.07, 6.45) is 3.17. The largest absolute Gasteiger partial charge is 0.493 e. The molecule has 0 aromatic heterocycles. The summed E-state index contributed by atoms with van der Waals surface area (Å²) in [4.78, 5) is 14.5. The summed E-state index contributed by atoms with van der Waals surface area (Å²) in [5, 5.41) is 2.90. The van der Waals surface area contributed by atoms with Crippen LogP contribution in [0, 0.1) is 0 Å². The molecule has 2 aromatic rings. The van der Waals surface area contributed by atoms with E-state index in [0.29, 0.717) is 23.8 Å². The van der Waals surface area contributed by atoms with Gasteiger partial charge in [0.2, 0.25) is 11.7 Å². The van der Waals surface area contributed by atoms with E-state index in [4.69, 9.17) is 14.2 Å². The average molecular weight is 399 g/mol. The molecule has 0 saturated carbocycles. The second-order valence-electron chi connectivity index (χ2n) is 6.31. The van der Waals surface area contributed by atoms with Gasteiger partial charge in [0.15, 0.2) is 11.5 Å². The van der Waals surface area contributed by atoms with E-state index < -0.39 is 0 Å². The third kappa shape index (κ3) is 5.67. The number of benzene rings is 2. The van der Waals surface area contributed by atoms with Gasteiger partial charge in [-0.05, 0) is 49.8 Å². The number of hydrogen-bond donors (Lipinski definition) is 1. The van der Waals surface area contributed by atoms with E-state index in [-0.39, 0.29) is 5.91 Å². The van der Waals surface area contributed by atoms with Crippen LogP contribution in [-0.2, 0) is 11.3 Å².